The lowest BCUT2D eigenvalue weighted by Crippen LogP contribution is -2.35. The Morgan fingerprint density at radius 3 is 1.42 bits per heavy atom. The minimum Gasteiger partial charge on any atom is -0.436 e. The first-order chi connectivity index (χ1) is 24.9. The number of fused-ring (bicyclic) bond motifs is 2. The molecule has 8 N–H and O–H groups in total. The number of hydrogen-bond donors (Lipinski definition) is 8. The standard InChI is InChI=1S/C33H28B2F2N6O9/c36-21-13-19(31-40-25-9-17(1-7-27(25)51-31)11-29(44)38-15-34(47)48)3-5-23(21)42-33(46)43-24-6-4-20(14-22(24)37)32-41-26-10-18(2-8-28(26)52-32)12-30(45)39-16-35(49)50/h1-10,13-14,47-50H,11-12,15-16H2,(H,38,44)(H,39,45)(H2,42,43,46). The largest absolute Gasteiger partial charge is 0.472 e. The third kappa shape index (κ3) is 8.77. The lowest BCUT2D eigenvalue weighted by Gasteiger charge is -2.10. The van der Waals surface area contributed by atoms with E-state index in [1.54, 1.807) is 36.4 Å². The van der Waals surface area contributed by atoms with E-state index in [9.17, 15) is 14.4 Å². The number of nitrogens with one attached hydrogen (secondary N) is 4. The number of oxazole rings is 2. The second kappa shape index (κ2) is 15.4. The minimum absolute atomic E-state index is 0.0406. The average molecular weight is 712 g/mol. The summed E-state index contributed by atoms with van der Waals surface area (Å²) in [6, 6.07) is 16.5. The molecule has 0 saturated carbocycles. The van der Waals surface area contributed by atoms with Gasteiger partial charge in [0.2, 0.25) is 23.6 Å². The van der Waals surface area contributed by atoms with Gasteiger partial charge in [0.1, 0.15) is 22.7 Å². The number of hydrogen-bond acceptors (Lipinski definition) is 11. The summed E-state index contributed by atoms with van der Waals surface area (Å²) in [6.45, 7) is 0. The van der Waals surface area contributed by atoms with Crippen LogP contribution < -0.4 is 21.3 Å². The van der Waals surface area contributed by atoms with Crippen LogP contribution >= 0.6 is 0 Å². The number of nitrogens with zero attached hydrogens (tertiary/aromatic N) is 2. The number of carbonyl (C=O) groups is 3. The lowest BCUT2D eigenvalue weighted by molar-refractivity contribution is -0.121. The van der Waals surface area contributed by atoms with Crippen LogP contribution in [0.3, 0.4) is 0 Å². The molecule has 15 nitrogen and oxygen atoms in total. The van der Waals surface area contributed by atoms with Gasteiger partial charge >= 0.3 is 20.3 Å². The number of urea groups is 1. The Bertz CT molecular complexity index is 2140. The smallest absolute Gasteiger partial charge is 0.436 e. The molecule has 4 aromatic carbocycles. The van der Waals surface area contributed by atoms with E-state index in [-0.39, 0.29) is 60.0 Å². The molecule has 0 aliphatic carbocycles. The summed E-state index contributed by atoms with van der Waals surface area (Å²) < 4.78 is 41.6. The summed E-state index contributed by atoms with van der Waals surface area (Å²) in [5, 5.41) is 45.0. The fourth-order valence-corrected chi connectivity index (χ4v) is 5.09. The topological polar surface area (TPSA) is 232 Å². The van der Waals surface area contributed by atoms with Gasteiger partial charge in [0, 0.05) is 11.1 Å². The second-order valence-corrected chi connectivity index (χ2v) is 11.5. The predicted molar refractivity (Wildman–Crippen MR) is 185 cm³/mol. The van der Waals surface area contributed by atoms with Crippen molar-refractivity contribution in [2.45, 2.75) is 12.8 Å². The van der Waals surface area contributed by atoms with Crippen LogP contribution in [0.1, 0.15) is 11.1 Å². The molecule has 2 aromatic heterocycles. The van der Waals surface area contributed by atoms with Crippen LogP contribution in [-0.4, -0.2) is 75.0 Å². The van der Waals surface area contributed by atoms with Crippen LogP contribution in [-0.2, 0) is 22.4 Å². The van der Waals surface area contributed by atoms with Gasteiger partial charge in [-0.15, -0.1) is 0 Å². The Labute approximate surface area is 293 Å². The maximum absolute atomic E-state index is 15.1. The average Bonchev–Trinajstić information content (AvgIpc) is 3.72. The van der Waals surface area contributed by atoms with Crippen molar-refractivity contribution >= 4 is 65.7 Å². The summed E-state index contributed by atoms with van der Waals surface area (Å²) in [5.41, 5.74) is 2.86. The highest BCUT2D eigenvalue weighted by molar-refractivity contribution is 6.41. The van der Waals surface area contributed by atoms with E-state index in [1.165, 1.54) is 24.3 Å². The lowest BCUT2D eigenvalue weighted by atomic mass is 9.92. The fourth-order valence-electron chi connectivity index (χ4n) is 5.09. The predicted octanol–water partition coefficient (Wildman–Crippen LogP) is 2.57. The van der Waals surface area contributed by atoms with Gasteiger partial charge in [-0.2, -0.15) is 0 Å². The highest BCUT2D eigenvalue weighted by atomic mass is 19.1. The molecule has 0 aliphatic rings. The number of amides is 4. The van der Waals surface area contributed by atoms with E-state index < -0.39 is 43.7 Å². The molecule has 0 saturated heterocycles. The van der Waals surface area contributed by atoms with Gasteiger partial charge in [-0.1, -0.05) is 12.1 Å². The molecule has 0 spiro atoms. The fraction of sp³-hybridized carbons (Fsp3) is 0.121. The van der Waals surface area contributed by atoms with Crippen LogP contribution in [0.2, 0.25) is 0 Å². The number of carbonyl (C=O) groups excluding carboxylic acids is 3. The zero-order chi connectivity index (χ0) is 36.9. The zero-order valence-electron chi connectivity index (χ0n) is 26.9. The highest BCUT2D eigenvalue weighted by Crippen LogP contribution is 2.30. The van der Waals surface area contributed by atoms with Gasteiger partial charge in [-0.3, -0.25) is 9.59 Å². The van der Waals surface area contributed by atoms with Crippen molar-refractivity contribution in [1.82, 2.24) is 20.6 Å². The van der Waals surface area contributed by atoms with Crippen molar-refractivity contribution < 1.29 is 52.1 Å². The Kier molecular flexibility index (Phi) is 10.6. The molecule has 6 aromatic rings. The Morgan fingerprint density at radius 1 is 0.615 bits per heavy atom. The normalized spacial score (nSPS) is 11.0. The Balaban J connectivity index is 1.08. The first kappa shape index (κ1) is 35.7. The van der Waals surface area contributed by atoms with E-state index in [0.717, 1.165) is 12.1 Å². The number of halogens is 2. The molecule has 0 atom stereocenters. The maximum Gasteiger partial charge on any atom is 0.472 e. The number of benzene rings is 4. The molecular weight excluding hydrogens is 684 g/mol. The minimum atomic E-state index is -1.67. The van der Waals surface area contributed by atoms with Crippen molar-refractivity contribution in [1.29, 1.82) is 0 Å². The summed E-state index contributed by atoms with van der Waals surface area (Å²) >= 11 is 0. The van der Waals surface area contributed by atoms with Gasteiger partial charge in [0.25, 0.3) is 0 Å². The number of rotatable bonds is 12. The highest BCUT2D eigenvalue weighted by Gasteiger charge is 2.18. The molecule has 0 fully saturated rings. The molecule has 4 amide bonds. The summed E-state index contributed by atoms with van der Waals surface area (Å²) in [7, 11) is -3.33. The summed E-state index contributed by atoms with van der Waals surface area (Å²) in [5.74, 6) is -2.33. The second-order valence-electron chi connectivity index (χ2n) is 11.5. The van der Waals surface area contributed by atoms with Crippen LogP contribution in [0.15, 0.2) is 81.6 Å². The van der Waals surface area contributed by atoms with Crippen LogP contribution in [0, 0.1) is 11.6 Å². The van der Waals surface area contributed by atoms with Crippen molar-refractivity contribution in [3.05, 3.63) is 95.6 Å². The van der Waals surface area contributed by atoms with E-state index in [4.69, 9.17) is 28.9 Å². The van der Waals surface area contributed by atoms with Crippen LogP contribution in [0.5, 0.6) is 0 Å². The first-order valence-corrected chi connectivity index (χ1v) is 15.6. The van der Waals surface area contributed by atoms with Gasteiger partial charge in [-0.25, -0.2) is 23.5 Å². The summed E-state index contributed by atoms with van der Waals surface area (Å²) in [4.78, 5) is 45.4. The molecule has 0 radical (unpaired) electrons. The van der Waals surface area contributed by atoms with E-state index >= 15 is 8.78 Å². The van der Waals surface area contributed by atoms with Gasteiger partial charge in [-0.05, 0) is 71.8 Å². The molecule has 2 heterocycles. The summed E-state index contributed by atoms with van der Waals surface area (Å²) in [6.07, 6.45) is -0.700. The van der Waals surface area contributed by atoms with E-state index in [1.807, 2.05) is 0 Å². The number of anilines is 2. The van der Waals surface area contributed by atoms with Crippen molar-refractivity contribution in [3.63, 3.8) is 0 Å². The van der Waals surface area contributed by atoms with Crippen molar-refractivity contribution in [2.24, 2.45) is 0 Å². The van der Waals surface area contributed by atoms with Crippen LogP contribution in [0.25, 0.3) is 45.1 Å². The SMILES string of the molecule is O=C(Cc1ccc2oc(-c3ccc(NC(=O)Nc4ccc(-c5nc6cc(CC(=O)NCB(O)O)ccc6o5)cc4F)c(F)c3)nc2c1)NCB(O)O. The number of aromatic nitrogens is 2. The molecular formula is C33H28B2F2N6O9. The van der Waals surface area contributed by atoms with Gasteiger partial charge in [0.15, 0.2) is 11.2 Å². The zero-order valence-corrected chi connectivity index (χ0v) is 26.9. The molecule has 0 aliphatic heterocycles. The third-order valence-corrected chi connectivity index (χ3v) is 7.53. The van der Waals surface area contributed by atoms with Crippen LogP contribution in [0.4, 0.5) is 25.0 Å². The van der Waals surface area contributed by atoms with Gasteiger partial charge in [0.05, 0.1) is 37.1 Å². The van der Waals surface area contributed by atoms with E-state index in [2.05, 4.69) is 31.2 Å². The molecule has 264 valence electrons. The van der Waals surface area contributed by atoms with E-state index in [0.29, 0.717) is 33.3 Å². The van der Waals surface area contributed by atoms with Gasteiger partial charge < -0.3 is 50.2 Å². The Hall–Kier alpha value is -6.14. The quantitative estimate of drug-likeness (QED) is 0.0860. The van der Waals surface area contributed by atoms with Crippen molar-refractivity contribution in [2.75, 3.05) is 23.5 Å². The molecule has 6 rings (SSSR count). The van der Waals surface area contributed by atoms with Crippen molar-refractivity contribution in [3.8, 4) is 22.9 Å². The molecule has 0 bridgehead atoms. The maximum atomic E-state index is 15.1. The Morgan fingerprint density at radius 2 is 1.04 bits per heavy atom. The monoisotopic (exact) mass is 712 g/mol. The third-order valence-electron chi connectivity index (χ3n) is 7.53. The molecule has 52 heavy (non-hydrogen) atoms. The molecule has 0 unspecified atom stereocenters. The molecule has 19 heteroatoms. The first-order valence-electron chi connectivity index (χ1n) is 15.6.